The summed E-state index contributed by atoms with van der Waals surface area (Å²) in [5, 5.41) is 3.43. The van der Waals surface area contributed by atoms with Crippen LogP contribution < -0.4 is 10.1 Å². The van der Waals surface area contributed by atoms with Gasteiger partial charge in [0.05, 0.1) is 6.61 Å². The Labute approximate surface area is 146 Å². The van der Waals surface area contributed by atoms with Crippen molar-refractivity contribution in [1.82, 2.24) is 10.2 Å². The van der Waals surface area contributed by atoms with E-state index in [1.165, 1.54) is 6.42 Å². The SMILES string of the molecule is CCOc1ccc(Br)cc1CN(C(=O)CC1CCCN1)C1CC1. The normalized spacial score (nSPS) is 20.5. The van der Waals surface area contributed by atoms with Crippen molar-refractivity contribution in [3.8, 4) is 5.75 Å². The Bertz CT molecular complexity index is 554. The van der Waals surface area contributed by atoms with Crippen molar-refractivity contribution in [2.75, 3.05) is 13.2 Å². The van der Waals surface area contributed by atoms with Crippen molar-refractivity contribution < 1.29 is 9.53 Å². The Morgan fingerprint density at radius 2 is 2.22 bits per heavy atom. The average molecular weight is 381 g/mol. The number of hydrogen-bond acceptors (Lipinski definition) is 3. The van der Waals surface area contributed by atoms with Crippen LogP contribution in [-0.4, -0.2) is 36.0 Å². The molecule has 3 rings (SSSR count). The van der Waals surface area contributed by atoms with E-state index < -0.39 is 0 Å². The minimum absolute atomic E-state index is 0.273. The summed E-state index contributed by atoms with van der Waals surface area (Å²) in [4.78, 5) is 14.8. The number of rotatable bonds is 7. The van der Waals surface area contributed by atoms with E-state index in [9.17, 15) is 4.79 Å². The number of carbonyl (C=O) groups is 1. The Morgan fingerprint density at radius 3 is 2.87 bits per heavy atom. The Morgan fingerprint density at radius 1 is 1.39 bits per heavy atom. The number of halogens is 1. The van der Waals surface area contributed by atoms with Gasteiger partial charge in [0, 0.05) is 35.1 Å². The summed E-state index contributed by atoms with van der Waals surface area (Å²) >= 11 is 3.53. The van der Waals surface area contributed by atoms with Gasteiger partial charge in [-0.2, -0.15) is 0 Å². The zero-order chi connectivity index (χ0) is 16.2. The van der Waals surface area contributed by atoms with Gasteiger partial charge in [-0.1, -0.05) is 15.9 Å². The lowest BCUT2D eigenvalue weighted by atomic mass is 10.1. The lowest BCUT2D eigenvalue weighted by Crippen LogP contribution is -2.37. The second-order valence-corrected chi connectivity index (χ2v) is 7.35. The van der Waals surface area contributed by atoms with Gasteiger partial charge in [0.2, 0.25) is 5.91 Å². The van der Waals surface area contributed by atoms with Crippen LogP contribution in [0.5, 0.6) is 5.75 Å². The minimum Gasteiger partial charge on any atom is -0.494 e. The van der Waals surface area contributed by atoms with Gasteiger partial charge in [0.15, 0.2) is 0 Å². The summed E-state index contributed by atoms with van der Waals surface area (Å²) < 4.78 is 6.76. The molecule has 23 heavy (non-hydrogen) atoms. The molecule has 5 heteroatoms. The van der Waals surface area contributed by atoms with E-state index in [1.807, 2.05) is 19.1 Å². The molecule has 1 aliphatic heterocycles. The van der Waals surface area contributed by atoms with Crippen molar-refractivity contribution >= 4 is 21.8 Å². The predicted octanol–water partition coefficient (Wildman–Crippen LogP) is 3.48. The molecule has 1 unspecified atom stereocenters. The fraction of sp³-hybridized carbons (Fsp3) is 0.611. The maximum atomic E-state index is 12.8. The van der Waals surface area contributed by atoms with E-state index in [-0.39, 0.29) is 5.91 Å². The lowest BCUT2D eigenvalue weighted by molar-refractivity contribution is -0.132. The molecule has 0 aromatic heterocycles. The molecule has 1 aromatic carbocycles. The van der Waals surface area contributed by atoms with Crippen LogP contribution in [0.1, 0.15) is 44.6 Å². The highest BCUT2D eigenvalue weighted by Crippen LogP contribution is 2.32. The Balaban J connectivity index is 1.71. The van der Waals surface area contributed by atoms with Crippen LogP contribution in [0.3, 0.4) is 0 Å². The van der Waals surface area contributed by atoms with Gasteiger partial charge in [-0.3, -0.25) is 4.79 Å². The number of amides is 1. The number of hydrogen-bond donors (Lipinski definition) is 1. The molecule has 126 valence electrons. The number of benzene rings is 1. The molecule has 1 atom stereocenters. The monoisotopic (exact) mass is 380 g/mol. The van der Waals surface area contributed by atoms with Crippen LogP contribution in [0.4, 0.5) is 0 Å². The summed E-state index contributed by atoms with van der Waals surface area (Å²) in [5.41, 5.74) is 1.08. The fourth-order valence-electron chi connectivity index (χ4n) is 3.22. The second kappa shape index (κ2) is 7.67. The quantitative estimate of drug-likeness (QED) is 0.786. The molecule has 2 fully saturated rings. The number of ether oxygens (including phenoxy) is 1. The van der Waals surface area contributed by atoms with Crippen molar-refractivity contribution in [3.63, 3.8) is 0 Å². The molecule has 1 N–H and O–H groups in total. The van der Waals surface area contributed by atoms with Crippen LogP contribution in [0.2, 0.25) is 0 Å². The van der Waals surface area contributed by atoms with Gasteiger partial charge < -0.3 is 15.0 Å². The van der Waals surface area contributed by atoms with Gasteiger partial charge >= 0.3 is 0 Å². The summed E-state index contributed by atoms with van der Waals surface area (Å²) in [6, 6.07) is 6.81. The molecule has 1 saturated heterocycles. The van der Waals surface area contributed by atoms with E-state index in [0.717, 1.165) is 41.6 Å². The average Bonchev–Trinajstić information content (AvgIpc) is 3.24. The smallest absolute Gasteiger partial charge is 0.224 e. The standard InChI is InChI=1S/C18H25BrN2O2/c1-2-23-17-8-5-14(19)10-13(17)12-21(16-6-7-16)18(22)11-15-4-3-9-20-15/h5,8,10,15-16,20H,2-4,6-7,9,11-12H2,1H3. The molecular formula is C18H25BrN2O2. The maximum absolute atomic E-state index is 12.8. The third-order valence-electron chi connectivity index (χ3n) is 4.55. The third kappa shape index (κ3) is 4.48. The zero-order valence-corrected chi connectivity index (χ0v) is 15.3. The summed E-state index contributed by atoms with van der Waals surface area (Å²) in [5.74, 6) is 1.16. The molecule has 1 heterocycles. The molecule has 1 saturated carbocycles. The van der Waals surface area contributed by atoms with E-state index in [4.69, 9.17) is 4.74 Å². The van der Waals surface area contributed by atoms with Crippen LogP contribution >= 0.6 is 15.9 Å². The minimum atomic E-state index is 0.273. The van der Waals surface area contributed by atoms with E-state index >= 15 is 0 Å². The first-order valence-corrected chi connectivity index (χ1v) is 9.40. The summed E-state index contributed by atoms with van der Waals surface area (Å²) in [6.45, 7) is 4.31. The largest absolute Gasteiger partial charge is 0.494 e. The topological polar surface area (TPSA) is 41.6 Å². The number of nitrogens with one attached hydrogen (secondary N) is 1. The van der Waals surface area contributed by atoms with Crippen molar-refractivity contribution in [3.05, 3.63) is 28.2 Å². The molecular weight excluding hydrogens is 356 g/mol. The van der Waals surface area contributed by atoms with Gasteiger partial charge in [0.1, 0.15) is 5.75 Å². The maximum Gasteiger partial charge on any atom is 0.224 e. The highest BCUT2D eigenvalue weighted by Gasteiger charge is 2.34. The van der Waals surface area contributed by atoms with E-state index in [0.29, 0.717) is 31.7 Å². The molecule has 1 aliphatic carbocycles. The third-order valence-corrected chi connectivity index (χ3v) is 5.05. The van der Waals surface area contributed by atoms with Crippen molar-refractivity contribution in [1.29, 1.82) is 0 Å². The second-order valence-electron chi connectivity index (χ2n) is 6.44. The number of nitrogens with zero attached hydrogens (tertiary/aromatic N) is 1. The van der Waals surface area contributed by atoms with Crippen LogP contribution in [0.25, 0.3) is 0 Å². The summed E-state index contributed by atoms with van der Waals surface area (Å²) in [7, 11) is 0. The Hall–Kier alpha value is -1.07. The fourth-order valence-corrected chi connectivity index (χ4v) is 3.63. The van der Waals surface area contributed by atoms with Crippen molar-refractivity contribution in [2.24, 2.45) is 0 Å². The molecule has 0 radical (unpaired) electrons. The number of carbonyl (C=O) groups excluding carboxylic acids is 1. The Kier molecular flexibility index (Phi) is 5.59. The van der Waals surface area contributed by atoms with E-state index in [2.05, 4.69) is 32.2 Å². The van der Waals surface area contributed by atoms with Crippen LogP contribution in [0, 0.1) is 0 Å². The van der Waals surface area contributed by atoms with Crippen molar-refractivity contribution in [2.45, 2.75) is 57.7 Å². The van der Waals surface area contributed by atoms with Gasteiger partial charge in [-0.25, -0.2) is 0 Å². The van der Waals surface area contributed by atoms with Gasteiger partial charge in [0.25, 0.3) is 0 Å². The van der Waals surface area contributed by atoms with Crippen LogP contribution in [-0.2, 0) is 11.3 Å². The first kappa shape index (κ1) is 16.8. The summed E-state index contributed by atoms with van der Waals surface area (Å²) in [6.07, 6.45) is 5.17. The molecule has 0 bridgehead atoms. The molecule has 0 spiro atoms. The van der Waals surface area contributed by atoms with Gasteiger partial charge in [-0.15, -0.1) is 0 Å². The highest BCUT2D eigenvalue weighted by molar-refractivity contribution is 9.10. The van der Waals surface area contributed by atoms with Gasteiger partial charge in [-0.05, 0) is 57.4 Å². The van der Waals surface area contributed by atoms with Crippen LogP contribution in [0.15, 0.2) is 22.7 Å². The zero-order valence-electron chi connectivity index (χ0n) is 13.7. The molecule has 2 aliphatic rings. The first-order valence-electron chi connectivity index (χ1n) is 8.61. The predicted molar refractivity (Wildman–Crippen MR) is 94.5 cm³/mol. The molecule has 4 nitrogen and oxygen atoms in total. The highest BCUT2D eigenvalue weighted by atomic mass is 79.9. The molecule has 1 amide bonds. The van der Waals surface area contributed by atoms with E-state index in [1.54, 1.807) is 0 Å². The molecule has 1 aromatic rings. The lowest BCUT2D eigenvalue weighted by Gasteiger charge is -2.25. The first-order chi connectivity index (χ1) is 11.2.